The Morgan fingerprint density at radius 2 is 1.68 bits per heavy atom. The summed E-state index contributed by atoms with van der Waals surface area (Å²) < 4.78 is 0. The van der Waals surface area contributed by atoms with Crippen molar-refractivity contribution in [1.82, 2.24) is 14.9 Å². The summed E-state index contributed by atoms with van der Waals surface area (Å²) in [5, 5.41) is 3.17. The highest BCUT2D eigenvalue weighted by atomic mass is 16.2. The number of carbonyl (C=O) groups is 1. The van der Waals surface area contributed by atoms with E-state index in [-0.39, 0.29) is 5.91 Å². The predicted octanol–water partition coefficient (Wildman–Crippen LogP) is 3.32. The number of hydrogen-bond donors (Lipinski definition) is 1. The molecule has 116 valence electrons. The van der Waals surface area contributed by atoms with Crippen LogP contribution in [0.3, 0.4) is 0 Å². The topological polar surface area (TPSA) is 58.1 Å². The number of hydrogen-bond acceptors (Lipinski definition) is 4. The number of nitrogens with zero attached hydrogens (tertiary/aromatic N) is 3. The van der Waals surface area contributed by atoms with Gasteiger partial charge in [-0.2, -0.15) is 0 Å². The molecule has 0 spiro atoms. The van der Waals surface area contributed by atoms with Crippen LogP contribution in [0.4, 0.5) is 11.6 Å². The van der Waals surface area contributed by atoms with Crippen LogP contribution in [0.1, 0.15) is 35.6 Å². The van der Waals surface area contributed by atoms with E-state index < -0.39 is 0 Å². The van der Waals surface area contributed by atoms with E-state index >= 15 is 0 Å². The molecule has 0 atom stereocenters. The Kier molecular flexibility index (Phi) is 5.09. The van der Waals surface area contributed by atoms with Gasteiger partial charge in [0.25, 0.3) is 5.91 Å². The molecule has 0 aliphatic rings. The molecule has 0 saturated carbocycles. The predicted molar refractivity (Wildman–Crippen MR) is 88.5 cm³/mol. The molecule has 1 amide bonds. The maximum absolute atomic E-state index is 12.6. The van der Waals surface area contributed by atoms with Crippen molar-refractivity contribution in [2.45, 2.75) is 27.7 Å². The van der Waals surface area contributed by atoms with Crippen LogP contribution in [0.5, 0.6) is 0 Å². The van der Waals surface area contributed by atoms with Gasteiger partial charge in [0.15, 0.2) is 0 Å². The Hall–Kier alpha value is -2.43. The number of aryl methyl sites for hydroxylation is 2. The zero-order chi connectivity index (χ0) is 16.1. The minimum absolute atomic E-state index is 0.0116. The highest BCUT2D eigenvalue weighted by Gasteiger charge is 2.16. The van der Waals surface area contributed by atoms with E-state index in [1.807, 2.05) is 58.0 Å². The molecule has 5 nitrogen and oxygen atoms in total. The second-order valence-electron chi connectivity index (χ2n) is 5.12. The highest BCUT2D eigenvalue weighted by Crippen LogP contribution is 2.20. The Morgan fingerprint density at radius 3 is 2.27 bits per heavy atom. The summed E-state index contributed by atoms with van der Waals surface area (Å²) in [5.41, 5.74) is 3.14. The lowest BCUT2D eigenvalue weighted by Crippen LogP contribution is -2.30. The van der Waals surface area contributed by atoms with E-state index in [0.717, 1.165) is 17.1 Å². The number of aromatic nitrogens is 2. The van der Waals surface area contributed by atoms with Crippen molar-refractivity contribution in [2.75, 3.05) is 18.4 Å². The van der Waals surface area contributed by atoms with Gasteiger partial charge in [-0.1, -0.05) is 12.1 Å². The van der Waals surface area contributed by atoms with Gasteiger partial charge >= 0.3 is 0 Å². The zero-order valence-electron chi connectivity index (χ0n) is 13.6. The molecule has 0 aliphatic heterocycles. The van der Waals surface area contributed by atoms with E-state index in [2.05, 4.69) is 15.3 Å². The third-order valence-corrected chi connectivity index (χ3v) is 3.44. The van der Waals surface area contributed by atoms with Crippen LogP contribution in [0, 0.1) is 13.8 Å². The maximum Gasteiger partial charge on any atom is 0.255 e. The average molecular weight is 298 g/mol. The Morgan fingerprint density at radius 1 is 1.09 bits per heavy atom. The molecule has 1 heterocycles. The first kappa shape index (κ1) is 15.9. The molecule has 22 heavy (non-hydrogen) atoms. The van der Waals surface area contributed by atoms with Gasteiger partial charge in [0.1, 0.15) is 0 Å². The molecule has 0 aliphatic carbocycles. The normalized spacial score (nSPS) is 10.4. The van der Waals surface area contributed by atoms with Gasteiger partial charge < -0.3 is 10.2 Å². The number of nitrogens with one attached hydrogen (secondary N) is 1. The second kappa shape index (κ2) is 7.02. The standard InChI is InChI=1S/C17H22N4O/c1-5-21(6-2)16(22)14-9-7-8-10-15(14)20-17-18-12(3)11-13(4)19-17/h7-11H,5-6H2,1-4H3,(H,18,19,20). The van der Waals surface area contributed by atoms with Gasteiger partial charge in [-0.05, 0) is 45.9 Å². The lowest BCUT2D eigenvalue weighted by Gasteiger charge is -2.20. The van der Waals surface area contributed by atoms with Crippen LogP contribution >= 0.6 is 0 Å². The van der Waals surface area contributed by atoms with Gasteiger partial charge in [0.05, 0.1) is 11.3 Å². The molecule has 2 aromatic rings. The molecule has 0 unspecified atom stereocenters. The molecule has 5 heteroatoms. The third kappa shape index (κ3) is 3.61. The molecule has 0 radical (unpaired) electrons. The molecule has 1 aromatic heterocycles. The molecule has 0 saturated heterocycles. The summed E-state index contributed by atoms with van der Waals surface area (Å²) in [6.45, 7) is 9.17. The fraction of sp³-hybridized carbons (Fsp3) is 0.353. The second-order valence-corrected chi connectivity index (χ2v) is 5.12. The van der Waals surface area contributed by atoms with E-state index in [0.29, 0.717) is 24.6 Å². The van der Waals surface area contributed by atoms with Gasteiger partial charge in [-0.15, -0.1) is 0 Å². The molecule has 0 bridgehead atoms. The molecular formula is C17H22N4O. The highest BCUT2D eigenvalue weighted by molar-refractivity contribution is 6.00. The molecule has 1 N–H and O–H groups in total. The first-order valence-electron chi connectivity index (χ1n) is 7.52. The van der Waals surface area contributed by atoms with Gasteiger partial charge in [0, 0.05) is 24.5 Å². The molecule has 2 rings (SSSR count). The van der Waals surface area contributed by atoms with Crippen LogP contribution in [0.2, 0.25) is 0 Å². The summed E-state index contributed by atoms with van der Waals surface area (Å²) in [4.78, 5) is 23.1. The maximum atomic E-state index is 12.6. The van der Waals surface area contributed by atoms with Crippen molar-refractivity contribution < 1.29 is 4.79 Å². The fourth-order valence-electron chi connectivity index (χ4n) is 2.36. The number of amides is 1. The van der Waals surface area contributed by atoms with Crippen molar-refractivity contribution in [1.29, 1.82) is 0 Å². The number of carbonyl (C=O) groups excluding carboxylic acids is 1. The Labute approximate surface area is 131 Å². The number of anilines is 2. The SMILES string of the molecule is CCN(CC)C(=O)c1ccccc1Nc1nc(C)cc(C)n1. The third-order valence-electron chi connectivity index (χ3n) is 3.44. The minimum atomic E-state index is 0.0116. The zero-order valence-corrected chi connectivity index (χ0v) is 13.6. The molecule has 0 fully saturated rings. The van der Waals surface area contributed by atoms with Crippen LogP contribution in [-0.2, 0) is 0 Å². The quantitative estimate of drug-likeness (QED) is 0.920. The van der Waals surface area contributed by atoms with Gasteiger partial charge in [-0.25, -0.2) is 9.97 Å². The van der Waals surface area contributed by atoms with Crippen molar-refractivity contribution in [3.63, 3.8) is 0 Å². The minimum Gasteiger partial charge on any atom is -0.339 e. The summed E-state index contributed by atoms with van der Waals surface area (Å²) >= 11 is 0. The smallest absolute Gasteiger partial charge is 0.255 e. The van der Waals surface area contributed by atoms with Gasteiger partial charge in [-0.3, -0.25) is 4.79 Å². The number of rotatable bonds is 5. The van der Waals surface area contributed by atoms with Crippen molar-refractivity contribution in [3.05, 3.63) is 47.3 Å². The van der Waals surface area contributed by atoms with E-state index in [1.165, 1.54) is 0 Å². The van der Waals surface area contributed by atoms with Crippen molar-refractivity contribution in [3.8, 4) is 0 Å². The first-order chi connectivity index (χ1) is 10.5. The van der Waals surface area contributed by atoms with Crippen LogP contribution in [0.25, 0.3) is 0 Å². The van der Waals surface area contributed by atoms with Crippen molar-refractivity contribution >= 4 is 17.5 Å². The number of benzene rings is 1. The number of para-hydroxylation sites is 1. The van der Waals surface area contributed by atoms with E-state index in [1.54, 1.807) is 4.90 Å². The van der Waals surface area contributed by atoms with Crippen LogP contribution < -0.4 is 5.32 Å². The van der Waals surface area contributed by atoms with E-state index in [4.69, 9.17) is 0 Å². The first-order valence-corrected chi connectivity index (χ1v) is 7.52. The summed E-state index contributed by atoms with van der Waals surface area (Å²) in [6.07, 6.45) is 0. The summed E-state index contributed by atoms with van der Waals surface area (Å²) in [5.74, 6) is 0.523. The lowest BCUT2D eigenvalue weighted by molar-refractivity contribution is 0.0774. The summed E-state index contributed by atoms with van der Waals surface area (Å²) in [7, 11) is 0. The van der Waals surface area contributed by atoms with Crippen molar-refractivity contribution in [2.24, 2.45) is 0 Å². The van der Waals surface area contributed by atoms with Crippen LogP contribution in [0.15, 0.2) is 30.3 Å². The summed E-state index contributed by atoms with van der Waals surface area (Å²) in [6, 6.07) is 9.37. The fourth-order valence-corrected chi connectivity index (χ4v) is 2.36. The van der Waals surface area contributed by atoms with Crippen LogP contribution in [-0.4, -0.2) is 33.9 Å². The monoisotopic (exact) mass is 298 g/mol. The Bertz CT molecular complexity index is 645. The van der Waals surface area contributed by atoms with E-state index in [9.17, 15) is 4.79 Å². The molecular weight excluding hydrogens is 276 g/mol. The Balaban J connectivity index is 2.34. The molecule has 1 aromatic carbocycles. The lowest BCUT2D eigenvalue weighted by atomic mass is 10.1. The average Bonchev–Trinajstić information content (AvgIpc) is 2.48. The largest absolute Gasteiger partial charge is 0.339 e. The van der Waals surface area contributed by atoms with Gasteiger partial charge in [0.2, 0.25) is 5.95 Å².